The van der Waals surface area contributed by atoms with Crippen molar-refractivity contribution in [3.8, 4) is 17.2 Å². The van der Waals surface area contributed by atoms with Gasteiger partial charge in [-0.2, -0.15) is 0 Å². The van der Waals surface area contributed by atoms with Crippen LogP contribution in [0, 0.1) is 5.92 Å². The fraction of sp³-hybridized carbons (Fsp3) is 0.571. The molecule has 0 spiro atoms. The molecule has 0 saturated carbocycles. The van der Waals surface area contributed by atoms with Gasteiger partial charge in [0.2, 0.25) is 5.75 Å². The molecule has 0 aromatic heterocycles. The average molecular weight is 273 g/mol. The monoisotopic (exact) mass is 272 g/mol. The van der Waals surface area contributed by atoms with E-state index in [2.05, 4.69) is 13.8 Å². The number of methoxy groups -OCH3 is 2. The molecule has 1 unspecified atom stereocenters. The summed E-state index contributed by atoms with van der Waals surface area (Å²) in [7, 11) is 3.23. The summed E-state index contributed by atoms with van der Waals surface area (Å²) in [5.41, 5.74) is 0.946. The van der Waals surface area contributed by atoms with Gasteiger partial charge in [-0.25, -0.2) is 0 Å². The molecule has 0 radical (unpaired) electrons. The second-order valence-electron chi connectivity index (χ2n) is 4.29. The molecule has 0 fully saturated rings. The maximum absolute atomic E-state index is 5.84. The molecule has 0 bridgehead atoms. The summed E-state index contributed by atoms with van der Waals surface area (Å²) in [5.74, 6) is 2.88. The van der Waals surface area contributed by atoms with Crippen molar-refractivity contribution in [2.45, 2.75) is 26.1 Å². The highest BCUT2D eigenvalue weighted by Crippen LogP contribution is 2.39. The summed E-state index contributed by atoms with van der Waals surface area (Å²) in [6.07, 6.45) is 1.07. The minimum absolute atomic E-state index is 0.415. The molecule has 1 aromatic rings. The summed E-state index contributed by atoms with van der Waals surface area (Å²) in [4.78, 5) is 0. The van der Waals surface area contributed by atoms with Crippen LogP contribution in [0.4, 0.5) is 0 Å². The maximum atomic E-state index is 5.84. The minimum atomic E-state index is 0.415. The van der Waals surface area contributed by atoms with Crippen molar-refractivity contribution in [1.29, 1.82) is 0 Å². The Morgan fingerprint density at radius 2 is 1.72 bits per heavy atom. The molecule has 1 rings (SSSR count). The lowest BCUT2D eigenvalue weighted by Crippen LogP contribution is -2.09. The van der Waals surface area contributed by atoms with Gasteiger partial charge in [0.1, 0.15) is 0 Å². The van der Waals surface area contributed by atoms with Crippen LogP contribution in [0.1, 0.15) is 25.8 Å². The van der Waals surface area contributed by atoms with Crippen LogP contribution in [0.25, 0.3) is 0 Å². The van der Waals surface area contributed by atoms with Crippen molar-refractivity contribution in [3.63, 3.8) is 0 Å². The highest BCUT2D eigenvalue weighted by Gasteiger charge is 2.14. The Balaban J connectivity index is 2.99. The SMILES string of the molecule is CCC(C)COc1c(OC)cc(CCl)cc1OC. The molecule has 18 heavy (non-hydrogen) atoms. The number of hydrogen-bond acceptors (Lipinski definition) is 3. The molecular formula is C14H21ClO3. The number of ether oxygens (including phenoxy) is 3. The van der Waals surface area contributed by atoms with Crippen LogP contribution < -0.4 is 14.2 Å². The van der Waals surface area contributed by atoms with Crippen molar-refractivity contribution >= 4 is 11.6 Å². The molecule has 0 N–H and O–H groups in total. The van der Waals surface area contributed by atoms with Gasteiger partial charge in [0.25, 0.3) is 0 Å². The number of benzene rings is 1. The van der Waals surface area contributed by atoms with Gasteiger partial charge in [-0.05, 0) is 23.6 Å². The zero-order valence-electron chi connectivity index (χ0n) is 11.5. The van der Waals surface area contributed by atoms with E-state index in [0.717, 1.165) is 12.0 Å². The molecule has 0 aliphatic carbocycles. The lowest BCUT2D eigenvalue weighted by molar-refractivity contribution is 0.233. The van der Waals surface area contributed by atoms with Crippen LogP contribution in [-0.4, -0.2) is 20.8 Å². The molecule has 0 saturated heterocycles. The Hall–Kier alpha value is -1.09. The van der Waals surface area contributed by atoms with Crippen molar-refractivity contribution in [2.24, 2.45) is 5.92 Å². The third-order valence-electron chi connectivity index (χ3n) is 2.88. The second kappa shape index (κ2) is 7.37. The van der Waals surface area contributed by atoms with E-state index in [1.165, 1.54) is 0 Å². The molecule has 102 valence electrons. The van der Waals surface area contributed by atoms with Gasteiger partial charge in [0, 0.05) is 5.88 Å². The van der Waals surface area contributed by atoms with Gasteiger partial charge in [0.15, 0.2) is 11.5 Å². The van der Waals surface area contributed by atoms with Gasteiger partial charge in [-0.1, -0.05) is 20.3 Å². The number of halogens is 1. The number of alkyl halides is 1. The molecule has 0 heterocycles. The third kappa shape index (κ3) is 3.70. The van der Waals surface area contributed by atoms with E-state index in [1.807, 2.05) is 12.1 Å². The zero-order valence-corrected chi connectivity index (χ0v) is 12.2. The first-order valence-electron chi connectivity index (χ1n) is 6.09. The van der Waals surface area contributed by atoms with Crippen LogP contribution in [0.15, 0.2) is 12.1 Å². The standard InChI is InChI=1S/C14H21ClO3/c1-5-10(2)9-18-14-12(16-3)6-11(8-15)7-13(14)17-4/h6-7,10H,5,8-9H2,1-4H3. The fourth-order valence-corrected chi connectivity index (χ4v) is 1.65. The highest BCUT2D eigenvalue weighted by molar-refractivity contribution is 6.17. The molecule has 0 aliphatic rings. The molecule has 1 aromatic carbocycles. The lowest BCUT2D eigenvalue weighted by atomic mass is 10.1. The van der Waals surface area contributed by atoms with Crippen molar-refractivity contribution in [1.82, 2.24) is 0 Å². The molecule has 3 nitrogen and oxygen atoms in total. The first-order valence-corrected chi connectivity index (χ1v) is 6.63. The number of hydrogen-bond donors (Lipinski definition) is 0. The Kier molecular flexibility index (Phi) is 6.13. The van der Waals surface area contributed by atoms with Crippen molar-refractivity contribution in [2.75, 3.05) is 20.8 Å². The molecular weight excluding hydrogens is 252 g/mol. The summed E-state index contributed by atoms with van der Waals surface area (Å²) < 4.78 is 16.5. The van der Waals surface area contributed by atoms with Crippen LogP contribution in [0.5, 0.6) is 17.2 Å². The fourth-order valence-electron chi connectivity index (χ4n) is 1.50. The van der Waals surface area contributed by atoms with Crippen LogP contribution in [-0.2, 0) is 5.88 Å². The largest absolute Gasteiger partial charge is 0.493 e. The number of rotatable bonds is 7. The normalized spacial score (nSPS) is 12.1. The summed E-state index contributed by atoms with van der Waals surface area (Å²) >= 11 is 5.84. The van der Waals surface area contributed by atoms with Crippen LogP contribution in [0.3, 0.4) is 0 Å². The molecule has 0 aliphatic heterocycles. The Bertz CT molecular complexity index is 354. The average Bonchev–Trinajstić information content (AvgIpc) is 2.43. The van der Waals surface area contributed by atoms with Crippen molar-refractivity contribution in [3.05, 3.63) is 17.7 Å². The highest BCUT2D eigenvalue weighted by atomic mass is 35.5. The van der Waals surface area contributed by atoms with Gasteiger partial charge in [-0.3, -0.25) is 0 Å². The van der Waals surface area contributed by atoms with E-state index in [1.54, 1.807) is 14.2 Å². The summed E-state index contributed by atoms with van der Waals surface area (Å²) in [6, 6.07) is 3.75. The van der Waals surface area contributed by atoms with Crippen LogP contribution in [0.2, 0.25) is 0 Å². The van der Waals surface area contributed by atoms with E-state index >= 15 is 0 Å². The van der Waals surface area contributed by atoms with E-state index in [9.17, 15) is 0 Å². The van der Waals surface area contributed by atoms with Crippen molar-refractivity contribution < 1.29 is 14.2 Å². The van der Waals surface area contributed by atoms with Gasteiger partial charge in [-0.15, -0.1) is 11.6 Å². The Labute approximate surface area is 114 Å². The van der Waals surface area contributed by atoms with Gasteiger partial charge < -0.3 is 14.2 Å². The molecule has 0 amide bonds. The third-order valence-corrected chi connectivity index (χ3v) is 3.19. The topological polar surface area (TPSA) is 27.7 Å². The van der Waals surface area contributed by atoms with E-state index in [0.29, 0.717) is 35.7 Å². The Morgan fingerprint density at radius 3 is 2.11 bits per heavy atom. The van der Waals surface area contributed by atoms with E-state index in [4.69, 9.17) is 25.8 Å². The Morgan fingerprint density at radius 1 is 1.17 bits per heavy atom. The maximum Gasteiger partial charge on any atom is 0.203 e. The smallest absolute Gasteiger partial charge is 0.203 e. The first kappa shape index (κ1) is 15.0. The molecule has 4 heteroatoms. The van der Waals surface area contributed by atoms with E-state index < -0.39 is 0 Å². The van der Waals surface area contributed by atoms with E-state index in [-0.39, 0.29) is 0 Å². The van der Waals surface area contributed by atoms with Gasteiger partial charge in [0.05, 0.1) is 20.8 Å². The zero-order chi connectivity index (χ0) is 13.5. The minimum Gasteiger partial charge on any atom is -0.493 e. The first-order chi connectivity index (χ1) is 8.65. The summed E-state index contributed by atoms with van der Waals surface area (Å²) in [6.45, 7) is 4.93. The predicted molar refractivity (Wildman–Crippen MR) is 74.1 cm³/mol. The quantitative estimate of drug-likeness (QED) is 0.705. The summed E-state index contributed by atoms with van der Waals surface area (Å²) in [5, 5.41) is 0. The molecule has 1 atom stereocenters. The lowest BCUT2D eigenvalue weighted by Gasteiger charge is -2.17. The second-order valence-corrected chi connectivity index (χ2v) is 4.55. The van der Waals surface area contributed by atoms with Crippen LogP contribution >= 0.6 is 11.6 Å². The predicted octanol–water partition coefficient (Wildman–Crippen LogP) is 3.87. The van der Waals surface area contributed by atoms with Gasteiger partial charge >= 0.3 is 0 Å².